The zero-order valence-corrected chi connectivity index (χ0v) is 23.9. The van der Waals surface area contributed by atoms with E-state index in [4.69, 9.17) is 5.73 Å². The minimum Gasteiger partial charge on any atom is -0.384 e. The van der Waals surface area contributed by atoms with E-state index in [1.54, 1.807) is 19.3 Å². The van der Waals surface area contributed by atoms with Crippen LogP contribution >= 0.6 is 0 Å². The maximum atomic E-state index is 12.4. The summed E-state index contributed by atoms with van der Waals surface area (Å²) in [5, 5.41) is 2.67. The first-order valence-electron chi connectivity index (χ1n) is 12.4. The van der Waals surface area contributed by atoms with Gasteiger partial charge in [0, 0.05) is 50.9 Å². The summed E-state index contributed by atoms with van der Waals surface area (Å²) in [6.07, 6.45) is 11.3. The third-order valence-electron chi connectivity index (χ3n) is 4.39. The Bertz CT molecular complexity index is 723. The van der Waals surface area contributed by atoms with Crippen molar-refractivity contribution in [2.24, 2.45) is 16.6 Å². The number of alkyl halides is 1. The van der Waals surface area contributed by atoms with Crippen molar-refractivity contribution >= 4 is 12.1 Å². The number of aliphatic imine (C=N–C) groups is 1. The molecule has 36 heavy (non-hydrogen) atoms. The third kappa shape index (κ3) is 27.3. The quantitative estimate of drug-likeness (QED) is 0.159. The van der Waals surface area contributed by atoms with E-state index in [-0.39, 0.29) is 11.7 Å². The van der Waals surface area contributed by atoms with Crippen molar-refractivity contribution in [2.75, 3.05) is 33.4 Å². The van der Waals surface area contributed by atoms with Gasteiger partial charge in [-0.25, -0.2) is 8.78 Å². The molecular formula is C28H51F2N5O. The molecule has 0 aromatic rings. The molecule has 1 amide bonds. The molecule has 0 saturated carbocycles. The van der Waals surface area contributed by atoms with Gasteiger partial charge in [-0.1, -0.05) is 33.4 Å². The first-order chi connectivity index (χ1) is 16.9. The molecule has 0 fully saturated rings. The molecule has 0 atom stereocenters. The Morgan fingerprint density at radius 2 is 1.78 bits per heavy atom. The average Bonchev–Trinajstić information content (AvgIpc) is 2.80. The predicted molar refractivity (Wildman–Crippen MR) is 153 cm³/mol. The van der Waals surface area contributed by atoms with E-state index < -0.39 is 6.67 Å². The van der Waals surface area contributed by atoms with Crippen LogP contribution in [-0.2, 0) is 4.79 Å². The lowest BCUT2D eigenvalue weighted by Crippen LogP contribution is -2.30. The molecule has 0 aliphatic heterocycles. The Labute approximate surface area is 219 Å². The maximum Gasteiger partial charge on any atom is 0.247 e. The fourth-order valence-electron chi connectivity index (χ4n) is 2.45. The van der Waals surface area contributed by atoms with Gasteiger partial charge < -0.3 is 20.9 Å². The van der Waals surface area contributed by atoms with Crippen molar-refractivity contribution in [1.82, 2.24) is 15.1 Å². The van der Waals surface area contributed by atoms with Crippen LogP contribution in [0.5, 0.6) is 0 Å². The van der Waals surface area contributed by atoms with Crippen molar-refractivity contribution in [2.45, 2.75) is 67.7 Å². The smallest absolute Gasteiger partial charge is 0.247 e. The second-order valence-corrected chi connectivity index (χ2v) is 8.66. The van der Waals surface area contributed by atoms with E-state index in [2.05, 4.69) is 49.1 Å². The molecule has 6 nitrogen and oxygen atoms in total. The highest BCUT2D eigenvalue weighted by molar-refractivity contribution is 5.88. The number of hydrogen-bond acceptors (Lipinski definition) is 5. The van der Waals surface area contributed by atoms with E-state index in [9.17, 15) is 13.6 Å². The molecule has 0 aromatic heterocycles. The molecule has 0 heterocycles. The van der Waals surface area contributed by atoms with Crippen LogP contribution in [0.25, 0.3) is 0 Å². The Balaban J connectivity index is -0.000000911. The van der Waals surface area contributed by atoms with Crippen molar-refractivity contribution in [3.63, 3.8) is 0 Å². The van der Waals surface area contributed by atoms with E-state index in [1.807, 2.05) is 38.1 Å². The normalized spacial score (nSPS) is 11.8. The zero-order valence-electron chi connectivity index (χ0n) is 23.9. The summed E-state index contributed by atoms with van der Waals surface area (Å²) in [5.41, 5.74) is 7.32. The van der Waals surface area contributed by atoms with E-state index in [0.717, 1.165) is 50.5 Å². The number of hydrogen-bond donors (Lipinski definition) is 2. The number of rotatable bonds is 14. The van der Waals surface area contributed by atoms with Crippen LogP contribution in [0.1, 0.15) is 67.7 Å². The summed E-state index contributed by atoms with van der Waals surface area (Å²) < 4.78 is 23.2. The highest BCUT2D eigenvalue weighted by Crippen LogP contribution is 2.05. The zero-order chi connectivity index (χ0) is 28.5. The molecule has 0 aliphatic carbocycles. The lowest BCUT2D eigenvalue weighted by atomic mass is 10.1. The molecule has 0 unspecified atom stereocenters. The fraction of sp³-hybridized carbons (Fsp3) is 0.571. The second kappa shape index (κ2) is 25.2. The molecule has 0 aromatic carbocycles. The van der Waals surface area contributed by atoms with Crippen LogP contribution in [0.4, 0.5) is 8.78 Å². The van der Waals surface area contributed by atoms with Gasteiger partial charge in [-0.05, 0) is 58.4 Å². The van der Waals surface area contributed by atoms with Crippen molar-refractivity contribution in [3.05, 3.63) is 60.6 Å². The minimum atomic E-state index is -0.619. The molecule has 0 rings (SSSR count). The molecule has 8 heteroatoms. The van der Waals surface area contributed by atoms with Gasteiger partial charge in [0.1, 0.15) is 12.5 Å². The van der Waals surface area contributed by atoms with Crippen LogP contribution in [0.2, 0.25) is 0 Å². The summed E-state index contributed by atoms with van der Waals surface area (Å²) in [6, 6.07) is 0. The van der Waals surface area contributed by atoms with Crippen LogP contribution < -0.4 is 11.1 Å². The lowest BCUT2D eigenvalue weighted by Gasteiger charge is -2.26. The van der Waals surface area contributed by atoms with Gasteiger partial charge in [-0.3, -0.25) is 9.79 Å². The molecule has 0 spiro atoms. The first-order valence-corrected chi connectivity index (χ1v) is 12.4. The third-order valence-corrected chi connectivity index (χ3v) is 4.39. The number of carbonyl (C=O) groups is 1. The van der Waals surface area contributed by atoms with Crippen LogP contribution in [-0.4, -0.2) is 55.3 Å². The van der Waals surface area contributed by atoms with Gasteiger partial charge >= 0.3 is 0 Å². The standard InChI is InChI=1S/C19H34FN5O.C6H12.C3H5F/c1-6-9-22-15-18(21)24(5)10-8-11-25(7-2)17(4)14-23-19(26)12-16(3)13-20;1-4-5-6(2)3;1-3(2)4/h9,12,14-15H,6-8,10-11,13,21H2,1-5H3,(H,23,26);4,6H,1,5H2,2-3H3;1H2,2H3/b16-12+,17-14-,18-15+,22-9?;;. The Kier molecular flexibility index (Phi) is 26.4. The molecular weight excluding hydrogens is 460 g/mol. The monoisotopic (exact) mass is 511 g/mol. The fourth-order valence-corrected chi connectivity index (χ4v) is 2.45. The number of halogens is 2. The number of nitrogens with two attached hydrogens (primary N) is 1. The Morgan fingerprint density at radius 3 is 2.19 bits per heavy atom. The van der Waals surface area contributed by atoms with Gasteiger partial charge in [-0.15, -0.1) is 6.58 Å². The van der Waals surface area contributed by atoms with Gasteiger partial charge in [0.15, 0.2) is 0 Å². The van der Waals surface area contributed by atoms with Gasteiger partial charge in [0.25, 0.3) is 0 Å². The average molecular weight is 512 g/mol. The maximum absolute atomic E-state index is 12.4. The Morgan fingerprint density at radius 1 is 1.19 bits per heavy atom. The Hall–Kier alpha value is -2.90. The van der Waals surface area contributed by atoms with Crippen molar-refractivity contribution < 1.29 is 13.6 Å². The van der Waals surface area contributed by atoms with Gasteiger partial charge in [0.2, 0.25) is 5.91 Å². The lowest BCUT2D eigenvalue weighted by molar-refractivity contribution is -0.115. The number of amides is 1. The van der Waals surface area contributed by atoms with Crippen molar-refractivity contribution in [3.8, 4) is 0 Å². The van der Waals surface area contributed by atoms with Crippen LogP contribution in [0, 0.1) is 5.92 Å². The molecule has 208 valence electrons. The minimum absolute atomic E-state index is 0.319. The molecule has 3 N–H and O–H groups in total. The topological polar surface area (TPSA) is 74.0 Å². The largest absolute Gasteiger partial charge is 0.384 e. The number of nitrogens with one attached hydrogen (secondary N) is 1. The van der Waals surface area contributed by atoms with Gasteiger partial charge in [0.05, 0.1) is 12.0 Å². The van der Waals surface area contributed by atoms with E-state index >= 15 is 0 Å². The molecule has 0 aliphatic rings. The van der Waals surface area contributed by atoms with E-state index in [1.165, 1.54) is 13.0 Å². The highest BCUT2D eigenvalue weighted by Gasteiger charge is 2.06. The van der Waals surface area contributed by atoms with E-state index in [0.29, 0.717) is 11.4 Å². The summed E-state index contributed by atoms with van der Waals surface area (Å²) in [5.74, 6) is 0.760. The number of allylic oxidation sites excluding steroid dienone is 4. The van der Waals surface area contributed by atoms with Crippen LogP contribution in [0.15, 0.2) is 65.6 Å². The molecule has 0 bridgehead atoms. The molecule has 0 saturated heterocycles. The summed E-state index contributed by atoms with van der Waals surface area (Å²) in [4.78, 5) is 19.9. The predicted octanol–water partition coefficient (Wildman–Crippen LogP) is 6.47. The molecule has 0 radical (unpaired) electrons. The first kappa shape index (κ1) is 37.6. The summed E-state index contributed by atoms with van der Waals surface area (Å²) in [6.45, 7) is 21.6. The highest BCUT2D eigenvalue weighted by atomic mass is 19.1. The van der Waals surface area contributed by atoms with Crippen molar-refractivity contribution in [1.29, 1.82) is 0 Å². The SMILES string of the molecule is C=C(C)F.C=CCC(C)C.CCC=N/C=C(\N)N(C)CCCN(CC)/C(C)=C\NC(=O)/C=C(\C)CF. The number of carbonyl (C=O) groups excluding carboxylic acids is 1. The number of nitrogens with zero attached hydrogens (tertiary/aromatic N) is 3. The van der Waals surface area contributed by atoms with Crippen LogP contribution in [0.3, 0.4) is 0 Å². The van der Waals surface area contributed by atoms with Gasteiger partial charge in [-0.2, -0.15) is 0 Å². The summed E-state index contributed by atoms with van der Waals surface area (Å²) >= 11 is 0. The summed E-state index contributed by atoms with van der Waals surface area (Å²) in [7, 11) is 1.94. The second-order valence-electron chi connectivity index (χ2n) is 8.66.